The Morgan fingerprint density at radius 3 is 2.26 bits per heavy atom. The van der Waals surface area contributed by atoms with E-state index >= 15 is 0 Å². The normalized spacial score (nSPS) is 36.1. The highest BCUT2D eigenvalue weighted by molar-refractivity contribution is 6.06. The van der Waals surface area contributed by atoms with Crippen LogP contribution in [-0.2, 0) is 20.9 Å². The Hall–Kier alpha value is -1.75. The largest absolute Gasteiger partial charge is 0.373 e. The molecule has 2 amide bonds. The Morgan fingerprint density at radius 1 is 1.11 bits per heavy atom. The lowest BCUT2D eigenvalue weighted by atomic mass is 9.81. The van der Waals surface area contributed by atoms with E-state index in [1.165, 1.54) is 4.90 Å². The minimum absolute atomic E-state index is 0.0334. The first-order chi connectivity index (χ1) is 9.25. The quantitative estimate of drug-likeness (QED) is 0.734. The third-order valence-electron chi connectivity index (χ3n) is 4.47. The smallest absolute Gasteiger partial charge is 0.236 e. The Morgan fingerprint density at radius 2 is 1.68 bits per heavy atom. The van der Waals surface area contributed by atoms with Crippen LogP contribution in [0.4, 0.5) is 0 Å². The third kappa shape index (κ3) is 1.48. The van der Waals surface area contributed by atoms with E-state index in [2.05, 4.69) is 4.98 Å². The lowest BCUT2D eigenvalue weighted by Crippen LogP contribution is -2.33. The Kier molecular flexibility index (Phi) is 2.26. The number of hydrogen-bond acceptors (Lipinski definition) is 4. The van der Waals surface area contributed by atoms with Crippen LogP contribution in [0, 0.1) is 11.8 Å². The average Bonchev–Trinajstić information content (AvgIpc) is 3.10. The molecule has 0 N–H and O–H groups in total. The van der Waals surface area contributed by atoms with Crippen molar-refractivity contribution < 1.29 is 14.3 Å². The molecule has 3 saturated heterocycles. The van der Waals surface area contributed by atoms with E-state index in [1.54, 1.807) is 12.4 Å². The fourth-order valence-electron chi connectivity index (χ4n) is 3.60. The van der Waals surface area contributed by atoms with E-state index in [0.29, 0.717) is 6.54 Å². The lowest BCUT2D eigenvalue weighted by molar-refractivity contribution is -0.143. The molecule has 1 aromatic heterocycles. The molecule has 0 radical (unpaired) electrons. The Balaban J connectivity index is 1.61. The molecule has 4 heterocycles. The van der Waals surface area contributed by atoms with E-state index in [4.69, 9.17) is 4.74 Å². The number of aromatic nitrogens is 1. The van der Waals surface area contributed by atoms with Crippen LogP contribution in [-0.4, -0.2) is 33.9 Å². The van der Waals surface area contributed by atoms with Crippen molar-refractivity contribution in [1.29, 1.82) is 0 Å². The number of fused-ring (bicyclic) bond motifs is 5. The fraction of sp³-hybridized carbons (Fsp3) is 0.500. The van der Waals surface area contributed by atoms with Crippen molar-refractivity contribution in [3.05, 3.63) is 30.1 Å². The fourth-order valence-corrected chi connectivity index (χ4v) is 3.60. The van der Waals surface area contributed by atoms with Gasteiger partial charge in [-0.2, -0.15) is 0 Å². The molecule has 3 fully saturated rings. The zero-order valence-electron chi connectivity index (χ0n) is 10.4. The van der Waals surface area contributed by atoms with Gasteiger partial charge in [-0.15, -0.1) is 0 Å². The molecule has 0 aromatic carbocycles. The number of carbonyl (C=O) groups is 2. The zero-order chi connectivity index (χ0) is 13.0. The van der Waals surface area contributed by atoms with Crippen LogP contribution in [0.15, 0.2) is 24.5 Å². The lowest BCUT2D eigenvalue weighted by Gasteiger charge is -2.17. The second-order valence-electron chi connectivity index (χ2n) is 5.46. The van der Waals surface area contributed by atoms with Crippen LogP contribution in [0.3, 0.4) is 0 Å². The molecule has 0 spiro atoms. The summed E-state index contributed by atoms with van der Waals surface area (Å²) in [7, 11) is 0. The first-order valence-electron chi connectivity index (χ1n) is 6.65. The first-order valence-corrected chi connectivity index (χ1v) is 6.65. The maximum absolute atomic E-state index is 12.4. The van der Waals surface area contributed by atoms with Gasteiger partial charge in [-0.25, -0.2) is 0 Å². The van der Waals surface area contributed by atoms with E-state index in [1.807, 2.05) is 12.1 Å². The summed E-state index contributed by atoms with van der Waals surface area (Å²) in [5.74, 6) is -0.570. The van der Waals surface area contributed by atoms with E-state index in [-0.39, 0.29) is 35.9 Å². The van der Waals surface area contributed by atoms with Gasteiger partial charge in [0.25, 0.3) is 0 Å². The Labute approximate surface area is 110 Å². The molecule has 5 nitrogen and oxygen atoms in total. The molecule has 4 atom stereocenters. The van der Waals surface area contributed by atoms with Gasteiger partial charge in [0.05, 0.1) is 30.6 Å². The van der Waals surface area contributed by atoms with Gasteiger partial charge in [-0.05, 0) is 30.5 Å². The number of hydrogen-bond donors (Lipinski definition) is 0. The van der Waals surface area contributed by atoms with E-state index in [9.17, 15) is 9.59 Å². The summed E-state index contributed by atoms with van der Waals surface area (Å²) in [6.07, 6.45) is 5.10. The van der Waals surface area contributed by atoms with Crippen molar-refractivity contribution in [3.8, 4) is 0 Å². The maximum atomic E-state index is 12.4. The summed E-state index contributed by atoms with van der Waals surface area (Å²) in [5.41, 5.74) is 0.935. The highest BCUT2D eigenvalue weighted by atomic mass is 16.5. The minimum Gasteiger partial charge on any atom is -0.373 e. The van der Waals surface area contributed by atoms with Crippen LogP contribution in [0.1, 0.15) is 18.4 Å². The summed E-state index contributed by atoms with van der Waals surface area (Å²) in [6, 6.07) is 3.67. The van der Waals surface area contributed by atoms with Gasteiger partial charge in [0.15, 0.2) is 0 Å². The minimum atomic E-state index is -0.229. The molecule has 98 valence electrons. The molecule has 19 heavy (non-hydrogen) atoms. The molecule has 0 aliphatic carbocycles. The summed E-state index contributed by atoms with van der Waals surface area (Å²) >= 11 is 0. The van der Waals surface area contributed by atoms with Crippen molar-refractivity contribution in [2.24, 2.45) is 11.8 Å². The van der Waals surface area contributed by atoms with Gasteiger partial charge >= 0.3 is 0 Å². The summed E-state index contributed by atoms with van der Waals surface area (Å²) < 4.78 is 5.70. The van der Waals surface area contributed by atoms with Crippen molar-refractivity contribution in [2.45, 2.75) is 31.6 Å². The zero-order valence-corrected chi connectivity index (χ0v) is 10.4. The van der Waals surface area contributed by atoms with Crippen LogP contribution in [0.2, 0.25) is 0 Å². The topological polar surface area (TPSA) is 59.5 Å². The second-order valence-corrected chi connectivity index (χ2v) is 5.46. The molecule has 3 aliphatic rings. The van der Waals surface area contributed by atoms with Crippen molar-refractivity contribution >= 4 is 11.8 Å². The molecule has 3 aliphatic heterocycles. The average molecular weight is 258 g/mol. The van der Waals surface area contributed by atoms with Crippen molar-refractivity contribution in [1.82, 2.24) is 9.88 Å². The maximum Gasteiger partial charge on any atom is 0.236 e. The number of rotatable bonds is 2. The monoisotopic (exact) mass is 258 g/mol. The summed E-state index contributed by atoms with van der Waals surface area (Å²) in [6.45, 7) is 0.354. The van der Waals surface area contributed by atoms with E-state index in [0.717, 1.165) is 18.4 Å². The molecule has 4 rings (SSSR count). The van der Waals surface area contributed by atoms with Gasteiger partial charge in [-0.3, -0.25) is 19.5 Å². The molecule has 0 unspecified atom stereocenters. The number of amides is 2. The predicted octanol–water partition coefficient (Wildman–Crippen LogP) is 0.744. The van der Waals surface area contributed by atoms with Crippen LogP contribution in [0.25, 0.3) is 0 Å². The van der Waals surface area contributed by atoms with Crippen LogP contribution >= 0.6 is 0 Å². The van der Waals surface area contributed by atoms with Gasteiger partial charge in [-0.1, -0.05) is 0 Å². The van der Waals surface area contributed by atoms with Crippen molar-refractivity contribution in [2.75, 3.05) is 0 Å². The number of ether oxygens (including phenoxy) is 1. The number of imide groups is 1. The SMILES string of the molecule is O=C1[C@@H]2[C@@H](C(=O)N1Cc1ccncc1)[C@@H]1CC[C@@H]2O1. The van der Waals surface area contributed by atoms with Gasteiger partial charge in [0, 0.05) is 12.4 Å². The van der Waals surface area contributed by atoms with Crippen LogP contribution < -0.4 is 0 Å². The highest BCUT2D eigenvalue weighted by Gasteiger charge is 2.62. The second kappa shape index (κ2) is 3.87. The molecule has 2 bridgehead atoms. The number of nitrogens with zero attached hydrogens (tertiary/aromatic N) is 2. The van der Waals surface area contributed by atoms with Crippen molar-refractivity contribution in [3.63, 3.8) is 0 Å². The van der Waals surface area contributed by atoms with Gasteiger partial charge in [0.2, 0.25) is 11.8 Å². The number of pyridine rings is 1. The third-order valence-corrected chi connectivity index (χ3v) is 4.47. The molecule has 5 heteroatoms. The van der Waals surface area contributed by atoms with Crippen LogP contribution in [0.5, 0.6) is 0 Å². The molecular weight excluding hydrogens is 244 g/mol. The highest BCUT2D eigenvalue weighted by Crippen LogP contribution is 2.48. The van der Waals surface area contributed by atoms with Gasteiger partial charge < -0.3 is 4.74 Å². The van der Waals surface area contributed by atoms with E-state index < -0.39 is 0 Å². The summed E-state index contributed by atoms with van der Waals surface area (Å²) in [5, 5.41) is 0. The Bertz CT molecular complexity index is 517. The molecular formula is C14H14N2O3. The first kappa shape index (κ1) is 11.1. The standard InChI is InChI=1S/C14H14N2O3/c17-13-11-9-1-2-10(19-9)12(11)14(18)16(13)7-8-3-5-15-6-4-8/h3-6,9-12H,1-2,7H2/t9-,10-,11-,12-/m0/s1. The molecule has 1 aromatic rings. The summed E-state index contributed by atoms with van der Waals surface area (Å²) in [4.78, 5) is 30.1. The number of carbonyl (C=O) groups excluding carboxylic acids is 2. The predicted molar refractivity (Wildman–Crippen MR) is 64.7 cm³/mol. The molecule has 0 saturated carbocycles. The number of likely N-dealkylation sites (tertiary alicyclic amines) is 1. The van der Waals surface area contributed by atoms with Gasteiger partial charge in [0.1, 0.15) is 0 Å².